The molecule has 5 heteroatoms. The maximum atomic E-state index is 12.3. The van der Waals surface area contributed by atoms with Gasteiger partial charge in [0.1, 0.15) is 5.65 Å². The first kappa shape index (κ1) is 15.8. The molecule has 5 rings (SSSR count). The van der Waals surface area contributed by atoms with Crippen LogP contribution in [-0.2, 0) is 6.42 Å². The number of nitrogens with one attached hydrogen (secondary N) is 2. The Balaban J connectivity index is 1.59. The molecule has 2 N–H and O–H groups in total. The van der Waals surface area contributed by atoms with Gasteiger partial charge in [-0.25, -0.2) is 4.98 Å². The van der Waals surface area contributed by atoms with E-state index in [9.17, 15) is 4.79 Å². The minimum atomic E-state index is -0.0473. The van der Waals surface area contributed by atoms with Crippen LogP contribution in [0.2, 0.25) is 0 Å². The lowest BCUT2D eigenvalue weighted by atomic mass is 9.89. The standard InChI is InChI=1S/C22H18N4O/c27-22-17-8-9-19(18-13-24-21-16(18)7-4-10-23-21)26-20(17)15(12-25-22)11-14-5-2-1-3-6-14/h1-10,13,15H,11-12H2,(H,23,24)(H,25,27). The third kappa shape index (κ3) is 2.77. The zero-order chi connectivity index (χ0) is 18.2. The second kappa shape index (κ2) is 6.36. The molecule has 5 nitrogen and oxygen atoms in total. The first-order valence-electron chi connectivity index (χ1n) is 9.05. The third-order valence-electron chi connectivity index (χ3n) is 5.12. The molecule has 27 heavy (non-hydrogen) atoms. The Labute approximate surface area is 156 Å². The highest BCUT2D eigenvalue weighted by Crippen LogP contribution is 2.31. The molecule has 0 radical (unpaired) electrons. The number of carbonyl (C=O) groups excluding carboxylic acids is 1. The molecule has 0 saturated heterocycles. The summed E-state index contributed by atoms with van der Waals surface area (Å²) in [6.45, 7) is 0.604. The molecule has 4 heterocycles. The third-order valence-corrected chi connectivity index (χ3v) is 5.12. The van der Waals surface area contributed by atoms with Crippen LogP contribution >= 0.6 is 0 Å². The van der Waals surface area contributed by atoms with Crippen LogP contribution in [0.5, 0.6) is 0 Å². The minimum absolute atomic E-state index is 0.0473. The summed E-state index contributed by atoms with van der Waals surface area (Å²) in [5, 5.41) is 4.03. The van der Waals surface area contributed by atoms with Crippen molar-refractivity contribution in [2.45, 2.75) is 12.3 Å². The van der Waals surface area contributed by atoms with Gasteiger partial charge in [-0.2, -0.15) is 0 Å². The number of rotatable bonds is 3. The number of hydrogen-bond acceptors (Lipinski definition) is 3. The van der Waals surface area contributed by atoms with Gasteiger partial charge in [0.15, 0.2) is 0 Å². The molecule has 0 saturated carbocycles. The highest BCUT2D eigenvalue weighted by molar-refractivity contribution is 5.98. The summed E-state index contributed by atoms with van der Waals surface area (Å²) in [6, 6.07) is 18.1. The van der Waals surface area contributed by atoms with E-state index in [1.165, 1.54) is 5.56 Å². The van der Waals surface area contributed by atoms with E-state index in [4.69, 9.17) is 4.98 Å². The Morgan fingerprint density at radius 3 is 2.78 bits per heavy atom. The van der Waals surface area contributed by atoms with Crippen molar-refractivity contribution < 1.29 is 4.79 Å². The first-order chi connectivity index (χ1) is 13.3. The average molecular weight is 354 g/mol. The lowest BCUT2D eigenvalue weighted by molar-refractivity contribution is 0.0939. The van der Waals surface area contributed by atoms with Gasteiger partial charge in [0.25, 0.3) is 5.91 Å². The van der Waals surface area contributed by atoms with Crippen molar-refractivity contribution in [1.82, 2.24) is 20.3 Å². The number of nitrogens with zero attached hydrogens (tertiary/aromatic N) is 2. The summed E-state index contributed by atoms with van der Waals surface area (Å²) < 4.78 is 0. The highest BCUT2D eigenvalue weighted by Gasteiger charge is 2.27. The molecule has 1 aromatic carbocycles. The van der Waals surface area contributed by atoms with E-state index in [1.807, 2.05) is 48.7 Å². The summed E-state index contributed by atoms with van der Waals surface area (Å²) in [5.41, 5.74) is 5.49. The van der Waals surface area contributed by atoms with Crippen molar-refractivity contribution in [1.29, 1.82) is 0 Å². The Bertz CT molecular complexity index is 1130. The van der Waals surface area contributed by atoms with Crippen molar-refractivity contribution in [3.63, 3.8) is 0 Å². The molecule has 1 atom stereocenters. The average Bonchev–Trinajstić information content (AvgIpc) is 3.15. The summed E-state index contributed by atoms with van der Waals surface area (Å²) in [6.07, 6.45) is 4.55. The Morgan fingerprint density at radius 1 is 1.00 bits per heavy atom. The van der Waals surface area contributed by atoms with Gasteiger partial charge >= 0.3 is 0 Å². The van der Waals surface area contributed by atoms with Crippen molar-refractivity contribution in [3.05, 3.63) is 83.8 Å². The van der Waals surface area contributed by atoms with Crippen molar-refractivity contribution in [3.8, 4) is 11.3 Å². The molecule has 0 aliphatic carbocycles. The number of aromatic amines is 1. The van der Waals surface area contributed by atoms with Crippen LogP contribution in [0.4, 0.5) is 0 Å². The fourth-order valence-electron chi connectivity index (χ4n) is 3.77. The molecule has 1 amide bonds. The molecule has 0 bridgehead atoms. The Hall–Kier alpha value is -3.47. The van der Waals surface area contributed by atoms with Gasteiger partial charge in [-0.1, -0.05) is 30.3 Å². The second-order valence-electron chi connectivity index (χ2n) is 6.83. The van der Waals surface area contributed by atoms with Crippen LogP contribution in [0, 0.1) is 0 Å². The zero-order valence-corrected chi connectivity index (χ0v) is 14.6. The lowest BCUT2D eigenvalue weighted by Crippen LogP contribution is -2.36. The molecular weight excluding hydrogens is 336 g/mol. The number of carbonyl (C=O) groups is 1. The predicted octanol–water partition coefficient (Wildman–Crippen LogP) is 3.69. The van der Waals surface area contributed by atoms with Gasteiger partial charge in [0.2, 0.25) is 0 Å². The SMILES string of the molecule is O=C1NCC(Cc2ccccc2)c2nc(-c3c[nH]c4ncccc34)ccc21. The topological polar surface area (TPSA) is 70.7 Å². The number of benzene rings is 1. The van der Waals surface area contributed by atoms with Gasteiger partial charge in [-0.05, 0) is 36.2 Å². The largest absolute Gasteiger partial charge is 0.351 e. The van der Waals surface area contributed by atoms with E-state index in [-0.39, 0.29) is 11.8 Å². The van der Waals surface area contributed by atoms with Crippen LogP contribution in [0.15, 0.2) is 67.0 Å². The van der Waals surface area contributed by atoms with Crippen molar-refractivity contribution >= 4 is 16.9 Å². The maximum absolute atomic E-state index is 12.3. The van der Waals surface area contributed by atoms with E-state index < -0.39 is 0 Å². The zero-order valence-electron chi connectivity index (χ0n) is 14.6. The number of amides is 1. The Morgan fingerprint density at radius 2 is 1.89 bits per heavy atom. The molecule has 3 aromatic heterocycles. The lowest BCUT2D eigenvalue weighted by Gasteiger charge is -2.25. The first-order valence-corrected chi connectivity index (χ1v) is 9.05. The number of fused-ring (bicyclic) bond motifs is 2. The summed E-state index contributed by atoms with van der Waals surface area (Å²) in [7, 11) is 0. The van der Waals surface area contributed by atoms with Crippen LogP contribution < -0.4 is 5.32 Å². The van der Waals surface area contributed by atoms with E-state index in [1.54, 1.807) is 6.20 Å². The maximum Gasteiger partial charge on any atom is 0.253 e. The minimum Gasteiger partial charge on any atom is -0.351 e. The van der Waals surface area contributed by atoms with Crippen LogP contribution in [0.1, 0.15) is 27.5 Å². The second-order valence-corrected chi connectivity index (χ2v) is 6.83. The van der Waals surface area contributed by atoms with Crippen LogP contribution in [0.3, 0.4) is 0 Å². The molecule has 0 fully saturated rings. The molecule has 0 spiro atoms. The highest BCUT2D eigenvalue weighted by atomic mass is 16.1. The van der Waals surface area contributed by atoms with Crippen molar-refractivity contribution in [2.75, 3.05) is 6.54 Å². The van der Waals surface area contributed by atoms with Crippen LogP contribution in [-0.4, -0.2) is 27.4 Å². The Kier molecular flexibility index (Phi) is 3.71. The number of pyridine rings is 2. The van der Waals surface area contributed by atoms with Gasteiger partial charge in [-0.3, -0.25) is 9.78 Å². The van der Waals surface area contributed by atoms with Crippen molar-refractivity contribution in [2.24, 2.45) is 0 Å². The fourth-order valence-corrected chi connectivity index (χ4v) is 3.77. The van der Waals surface area contributed by atoms with Gasteiger partial charge < -0.3 is 10.3 Å². The quantitative estimate of drug-likeness (QED) is 0.589. The van der Waals surface area contributed by atoms with E-state index >= 15 is 0 Å². The number of H-pyrrole nitrogens is 1. The smallest absolute Gasteiger partial charge is 0.253 e. The number of hydrogen-bond donors (Lipinski definition) is 2. The van der Waals surface area contributed by atoms with E-state index in [0.717, 1.165) is 34.4 Å². The normalized spacial score (nSPS) is 16.1. The monoisotopic (exact) mass is 354 g/mol. The fraction of sp³-hybridized carbons (Fsp3) is 0.136. The summed E-state index contributed by atoms with van der Waals surface area (Å²) >= 11 is 0. The van der Waals surface area contributed by atoms with E-state index in [0.29, 0.717) is 12.1 Å². The molecule has 132 valence electrons. The van der Waals surface area contributed by atoms with Gasteiger partial charge in [0, 0.05) is 35.8 Å². The van der Waals surface area contributed by atoms with E-state index in [2.05, 4.69) is 27.4 Å². The molecular formula is C22H18N4O. The molecule has 4 aromatic rings. The summed E-state index contributed by atoms with van der Waals surface area (Å²) in [4.78, 5) is 24.8. The summed E-state index contributed by atoms with van der Waals surface area (Å²) in [5.74, 6) is 0.109. The van der Waals surface area contributed by atoms with Gasteiger partial charge in [0.05, 0.1) is 17.0 Å². The molecule has 1 aliphatic heterocycles. The molecule has 1 aliphatic rings. The van der Waals surface area contributed by atoms with Gasteiger partial charge in [-0.15, -0.1) is 0 Å². The number of aromatic nitrogens is 3. The molecule has 1 unspecified atom stereocenters. The van der Waals surface area contributed by atoms with Crippen LogP contribution in [0.25, 0.3) is 22.3 Å². The predicted molar refractivity (Wildman–Crippen MR) is 105 cm³/mol.